The second kappa shape index (κ2) is 9.33. The third-order valence-electron chi connectivity index (χ3n) is 2.79. The molecule has 1 saturated heterocycles. The van der Waals surface area contributed by atoms with Gasteiger partial charge < -0.3 is 14.4 Å². The Bertz CT molecular complexity index is 342. The Balaban J connectivity index is 0.00000122. The average molecular weight is 318 g/mol. The first-order chi connectivity index (χ1) is 9.66. The number of hydrogen-bond donors (Lipinski definition) is 0. The number of methoxy groups -OCH3 is 1. The lowest BCUT2D eigenvalue weighted by Gasteiger charge is -2.40. The minimum Gasteiger partial charge on any atom is -0.444 e. The molecule has 1 aliphatic rings. The third-order valence-corrected chi connectivity index (χ3v) is 3.69. The van der Waals surface area contributed by atoms with Gasteiger partial charge in [0.25, 0.3) is 0 Å². The molecule has 1 atom stereocenters. The predicted molar refractivity (Wildman–Crippen MR) is 89.6 cm³/mol. The van der Waals surface area contributed by atoms with Gasteiger partial charge in [-0.15, -0.1) is 0 Å². The van der Waals surface area contributed by atoms with Crippen LogP contribution in [0.2, 0.25) is 0 Å². The molecule has 21 heavy (non-hydrogen) atoms. The second-order valence-electron chi connectivity index (χ2n) is 6.02. The minimum absolute atomic E-state index is 0.210. The maximum atomic E-state index is 12.0. The summed E-state index contributed by atoms with van der Waals surface area (Å²) in [7, 11) is 3.25. The van der Waals surface area contributed by atoms with Crippen molar-refractivity contribution in [3.8, 4) is 0 Å². The van der Waals surface area contributed by atoms with Gasteiger partial charge in [-0.05, 0) is 34.0 Å². The lowest BCUT2D eigenvalue weighted by Crippen LogP contribution is -2.53. The first kappa shape index (κ1) is 20.3. The molecule has 6 heteroatoms. The van der Waals surface area contributed by atoms with Crippen molar-refractivity contribution >= 4 is 18.0 Å². The van der Waals surface area contributed by atoms with Crippen molar-refractivity contribution in [1.29, 1.82) is 0 Å². The highest BCUT2D eigenvalue weighted by molar-refractivity contribution is 7.96. The van der Waals surface area contributed by atoms with Gasteiger partial charge in [-0.25, -0.2) is 9.10 Å². The van der Waals surface area contributed by atoms with E-state index >= 15 is 0 Å². The first-order valence-electron chi connectivity index (χ1n) is 7.00. The minimum atomic E-state index is -0.438. The highest BCUT2D eigenvalue weighted by Gasteiger charge is 2.31. The standard InChI is InChI=1S/C13H24N2O2S.C2H6O/c1-10(2)11-9-14(7-8-15(11)18-6)12(16)17-13(3,4)5;1-3-2/h11H,1,7-9H2,2-6H3;1-2H3. The van der Waals surface area contributed by atoms with Crippen LogP contribution in [-0.2, 0) is 9.47 Å². The number of ether oxygens (including phenoxy) is 2. The van der Waals surface area contributed by atoms with Gasteiger partial charge in [-0.1, -0.05) is 24.1 Å². The molecule has 1 aliphatic heterocycles. The van der Waals surface area contributed by atoms with E-state index in [4.69, 9.17) is 4.74 Å². The molecular formula is C15H30N2O3S. The third kappa shape index (κ3) is 7.74. The predicted octanol–water partition coefficient (Wildman–Crippen LogP) is 3.02. The fourth-order valence-electron chi connectivity index (χ4n) is 1.88. The molecule has 0 aliphatic carbocycles. The summed E-state index contributed by atoms with van der Waals surface area (Å²) in [6.45, 7) is 13.9. The zero-order valence-electron chi connectivity index (χ0n) is 14.4. The molecule has 1 rings (SSSR count). The fraction of sp³-hybridized carbons (Fsp3) is 0.800. The molecule has 1 fully saturated rings. The summed E-state index contributed by atoms with van der Waals surface area (Å²) in [4.78, 5) is 13.8. The number of nitrogens with zero attached hydrogens (tertiary/aromatic N) is 2. The number of hydrogen-bond acceptors (Lipinski definition) is 5. The van der Waals surface area contributed by atoms with Crippen molar-refractivity contribution in [1.82, 2.24) is 9.21 Å². The highest BCUT2D eigenvalue weighted by atomic mass is 32.2. The molecule has 124 valence electrons. The van der Waals surface area contributed by atoms with Gasteiger partial charge in [-0.2, -0.15) is 0 Å². The van der Waals surface area contributed by atoms with E-state index in [-0.39, 0.29) is 12.1 Å². The van der Waals surface area contributed by atoms with Gasteiger partial charge in [-0.3, -0.25) is 0 Å². The molecule has 0 aromatic heterocycles. The molecule has 1 amide bonds. The molecule has 0 aromatic carbocycles. The van der Waals surface area contributed by atoms with Crippen LogP contribution in [0.15, 0.2) is 12.2 Å². The Labute approximate surface area is 133 Å². The topological polar surface area (TPSA) is 42.0 Å². The molecule has 1 heterocycles. The van der Waals surface area contributed by atoms with E-state index in [1.54, 1.807) is 31.1 Å². The lowest BCUT2D eigenvalue weighted by molar-refractivity contribution is 0.0161. The lowest BCUT2D eigenvalue weighted by atomic mass is 10.1. The number of rotatable bonds is 2. The van der Waals surface area contributed by atoms with Crippen LogP contribution < -0.4 is 0 Å². The van der Waals surface area contributed by atoms with Crippen molar-refractivity contribution in [3.63, 3.8) is 0 Å². The first-order valence-corrected chi connectivity index (χ1v) is 8.18. The number of carbonyl (C=O) groups is 1. The van der Waals surface area contributed by atoms with Gasteiger partial charge in [0.05, 0.1) is 6.04 Å². The van der Waals surface area contributed by atoms with Crippen molar-refractivity contribution < 1.29 is 14.3 Å². The van der Waals surface area contributed by atoms with Crippen LogP contribution in [-0.4, -0.2) is 67.1 Å². The van der Waals surface area contributed by atoms with Crippen LogP contribution in [0.1, 0.15) is 27.7 Å². The van der Waals surface area contributed by atoms with E-state index in [1.807, 2.05) is 27.7 Å². The molecule has 0 radical (unpaired) electrons. The molecule has 0 bridgehead atoms. The van der Waals surface area contributed by atoms with Crippen molar-refractivity contribution in [2.75, 3.05) is 40.1 Å². The Morgan fingerprint density at radius 2 is 1.81 bits per heavy atom. The Morgan fingerprint density at radius 3 is 2.19 bits per heavy atom. The van der Waals surface area contributed by atoms with Crippen LogP contribution in [0.25, 0.3) is 0 Å². The maximum absolute atomic E-state index is 12.0. The fourth-order valence-corrected chi connectivity index (χ4v) is 2.64. The van der Waals surface area contributed by atoms with E-state index in [2.05, 4.69) is 21.9 Å². The summed E-state index contributed by atoms with van der Waals surface area (Å²) in [5, 5.41) is 0. The molecule has 0 spiro atoms. The van der Waals surface area contributed by atoms with E-state index < -0.39 is 5.60 Å². The van der Waals surface area contributed by atoms with Gasteiger partial charge >= 0.3 is 6.09 Å². The Kier molecular flexibility index (Phi) is 9.01. The molecule has 0 saturated carbocycles. The number of carbonyl (C=O) groups excluding carboxylic acids is 1. The summed E-state index contributed by atoms with van der Waals surface area (Å²) >= 11 is 1.70. The molecule has 0 N–H and O–H groups in total. The van der Waals surface area contributed by atoms with Gasteiger partial charge in [0.1, 0.15) is 5.60 Å². The molecule has 5 nitrogen and oxygen atoms in total. The summed E-state index contributed by atoms with van der Waals surface area (Å²) in [5.41, 5.74) is 0.643. The Morgan fingerprint density at radius 1 is 1.29 bits per heavy atom. The summed E-state index contributed by atoms with van der Waals surface area (Å²) in [6, 6.07) is 0.210. The van der Waals surface area contributed by atoms with Crippen LogP contribution >= 0.6 is 11.9 Å². The maximum Gasteiger partial charge on any atom is 0.410 e. The van der Waals surface area contributed by atoms with E-state index in [1.165, 1.54) is 0 Å². The SMILES string of the molecule is C=C(C)C1CN(C(=O)OC(C)(C)C)CCN1SC.COC. The highest BCUT2D eigenvalue weighted by Crippen LogP contribution is 2.23. The second-order valence-corrected chi connectivity index (χ2v) is 6.85. The van der Waals surface area contributed by atoms with Crippen molar-refractivity contribution in [2.45, 2.75) is 39.3 Å². The van der Waals surface area contributed by atoms with Crippen LogP contribution in [0, 0.1) is 0 Å². The largest absolute Gasteiger partial charge is 0.444 e. The zero-order chi connectivity index (χ0) is 16.6. The van der Waals surface area contributed by atoms with Crippen LogP contribution in [0.4, 0.5) is 4.79 Å². The van der Waals surface area contributed by atoms with Gasteiger partial charge in [0.2, 0.25) is 0 Å². The van der Waals surface area contributed by atoms with Crippen molar-refractivity contribution in [3.05, 3.63) is 12.2 Å². The zero-order valence-corrected chi connectivity index (χ0v) is 15.2. The van der Waals surface area contributed by atoms with Crippen molar-refractivity contribution in [2.24, 2.45) is 0 Å². The Hall–Kier alpha value is -0.720. The summed E-state index contributed by atoms with van der Waals surface area (Å²) in [6.07, 6.45) is 1.83. The normalized spacial score (nSPS) is 19.6. The van der Waals surface area contributed by atoms with Crippen LogP contribution in [0.3, 0.4) is 0 Å². The van der Waals surface area contributed by atoms with E-state index in [0.717, 1.165) is 12.1 Å². The summed E-state index contributed by atoms with van der Waals surface area (Å²) < 4.78 is 11.9. The monoisotopic (exact) mass is 318 g/mol. The average Bonchev–Trinajstić information content (AvgIpc) is 2.36. The van der Waals surface area contributed by atoms with Gasteiger partial charge in [0.15, 0.2) is 0 Å². The van der Waals surface area contributed by atoms with Gasteiger partial charge in [0, 0.05) is 33.9 Å². The summed E-state index contributed by atoms with van der Waals surface area (Å²) in [5.74, 6) is 0. The molecule has 1 unspecified atom stereocenters. The molecular weight excluding hydrogens is 288 g/mol. The van der Waals surface area contributed by atoms with E-state index in [9.17, 15) is 4.79 Å². The smallest absolute Gasteiger partial charge is 0.410 e. The van der Waals surface area contributed by atoms with E-state index in [0.29, 0.717) is 13.1 Å². The molecule has 0 aromatic rings. The van der Waals surface area contributed by atoms with Crippen LogP contribution in [0.5, 0.6) is 0 Å². The number of piperazine rings is 1. The number of amides is 1. The quantitative estimate of drug-likeness (QED) is 0.578.